The second-order valence-electron chi connectivity index (χ2n) is 19.0. The van der Waals surface area contributed by atoms with Gasteiger partial charge < -0.3 is 48.7 Å². The first-order valence-electron chi connectivity index (χ1n) is 23.1. The molecule has 6 bridgehead atoms. The van der Waals surface area contributed by atoms with Gasteiger partial charge in [-0.15, -0.1) is 0 Å². The van der Waals surface area contributed by atoms with E-state index in [4.69, 9.17) is 33.1 Å². The summed E-state index contributed by atoms with van der Waals surface area (Å²) in [5.41, 5.74) is -0.447. The molecule has 67 heavy (non-hydrogen) atoms. The number of nitrogens with one attached hydrogen (secondary N) is 1. The van der Waals surface area contributed by atoms with Crippen LogP contribution in [0.3, 0.4) is 0 Å². The number of Topliss-reactive ketones (excluding diaryl/α,β-unsaturated/α-hetero) is 1. The zero-order valence-electron chi connectivity index (χ0n) is 39.5. The van der Waals surface area contributed by atoms with E-state index in [-0.39, 0.29) is 55.9 Å². The number of likely N-dealkylation sites (tertiary alicyclic amines) is 1. The summed E-state index contributed by atoms with van der Waals surface area (Å²) < 4.78 is 36.6. The van der Waals surface area contributed by atoms with Gasteiger partial charge in [0.2, 0.25) is 5.43 Å². The molecule has 2 unspecified atom stereocenters. The Morgan fingerprint density at radius 1 is 1.01 bits per heavy atom. The lowest BCUT2D eigenvalue weighted by Crippen LogP contribution is -2.46. The number of rotatable bonds is 6. The summed E-state index contributed by atoms with van der Waals surface area (Å²) in [5.74, 6) is -5.93. The van der Waals surface area contributed by atoms with Gasteiger partial charge in [0, 0.05) is 86.3 Å². The lowest BCUT2D eigenvalue weighted by molar-refractivity contribution is -0.160. The van der Waals surface area contributed by atoms with Crippen molar-refractivity contribution in [1.29, 1.82) is 0 Å². The summed E-state index contributed by atoms with van der Waals surface area (Å²) in [6.07, 6.45) is 7.38. The highest BCUT2D eigenvalue weighted by atomic mass is 16.7. The standard InChI is InChI=1S/C51H61N3O13/c1-24-11-10-12-25(2)50(61)53-41-45(59)38-37(40-48(41)66-36-22-33(15-16-34(36)52-40)63-20-18-54-23-31-13-14-32(54)21-31)39-47(29(6)44(38)58)67-51(8,49(39)60)64-19-17-35(62-9)26(3)46(65-30(7)55)28(5)43(57)27(4)42(24)56/h10-12,15-17,19,22,24,26-28,31-32,35,42-43,46,56-58H,13-14,18,20-21,23H2,1-9H3,(H,53,61)/b11-10+,19-17+,25-12-/t24-,26+,27+,28+,31?,32?,35-,42-,43+,46+,51-/m0/s1. The maximum absolute atomic E-state index is 14.8. The molecule has 1 amide bonds. The zero-order chi connectivity index (χ0) is 48.2. The normalized spacial score (nSPS) is 32.3. The second kappa shape index (κ2) is 18.7. The third-order valence-electron chi connectivity index (χ3n) is 14.5. The van der Waals surface area contributed by atoms with Gasteiger partial charge in [0.05, 0.1) is 35.5 Å². The Morgan fingerprint density at radius 3 is 2.46 bits per heavy atom. The number of allylic oxidation sites excluding steroid dienone is 2. The fraction of sp³-hybridized carbons (Fsp3) is 0.510. The Balaban J connectivity index is 1.25. The summed E-state index contributed by atoms with van der Waals surface area (Å²) >= 11 is 0. The quantitative estimate of drug-likeness (QED) is 0.0888. The number of aliphatic hydroxyl groups excluding tert-OH is 2. The molecule has 0 radical (unpaired) electrons. The Bertz CT molecular complexity index is 2730. The van der Waals surface area contributed by atoms with Crippen molar-refractivity contribution in [3.05, 3.63) is 75.7 Å². The summed E-state index contributed by atoms with van der Waals surface area (Å²) in [7, 11) is 1.45. The average Bonchev–Trinajstić information content (AvgIpc) is 4.01. The number of ether oxygens (including phenoxy) is 5. The molecule has 4 heterocycles. The number of fused-ring (bicyclic) bond motifs is 4. The highest BCUT2D eigenvalue weighted by molar-refractivity contribution is 6.22. The number of aromatic nitrogens is 1. The fourth-order valence-electron chi connectivity index (χ4n) is 10.5. The number of amides is 1. The van der Waals surface area contributed by atoms with Crippen LogP contribution in [0.25, 0.3) is 33.3 Å². The lowest BCUT2D eigenvalue weighted by Gasteiger charge is -2.38. The van der Waals surface area contributed by atoms with Crippen molar-refractivity contribution in [2.24, 2.45) is 29.6 Å². The van der Waals surface area contributed by atoms with Crippen LogP contribution in [0.2, 0.25) is 0 Å². The number of esters is 1. The highest BCUT2D eigenvalue weighted by Crippen LogP contribution is 2.50. The van der Waals surface area contributed by atoms with Crippen molar-refractivity contribution in [1.82, 2.24) is 9.88 Å². The number of piperidine rings is 1. The van der Waals surface area contributed by atoms with Gasteiger partial charge in [0.25, 0.3) is 11.7 Å². The number of nitrogens with zero attached hydrogens (tertiary/aromatic N) is 2. The van der Waals surface area contributed by atoms with E-state index in [1.807, 2.05) is 0 Å². The number of benzene rings is 3. The van der Waals surface area contributed by atoms with Gasteiger partial charge in [-0.1, -0.05) is 45.9 Å². The first kappa shape index (κ1) is 47.7. The van der Waals surface area contributed by atoms with Crippen molar-refractivity contribution in [2.45, 2.75) is 111 Å². The molecule has 1 saturated carbocycles. The third-order valence-corrected chi connectivity index (χ3v) is 14.5. The number of aromatic hydroxyl groups is 1. The van der Waals surface area contributed by atoms with Crippen LogP contribution in [0.1, 0.15) is 83.7 Å². The minimum absolute atomic E-state index is 0.00698. The Hall–Kier alpha value is -5.81. The molecule has 2 aromatic rings. The number of ketones is 1. The molecule has 11 atom stereocenters. The number of methoxy groups -OCH3 is 1. The van der Waals surface area contributed by atoms with Crippen molar-refractivity contribution in [2.75, 3.05) is 32.1 Å². The molecule has 2 fully saturated rings. The topological polar surface area (TPSA) is 216 Å². The molecule has 0 spiro atoms. The predicted octanol–water partition coefficient (Wildman–Crippen LogP) is 6.81. The molecule has 4 N–H and O–H groups in total. The largest absolute Gasteiger partial charge is 0.507 e. The summed E-state index contributed by atoms with van der Waals surface area (Å²) in [4.78, 5) is 63.4. The first-order chi connectivity index (χ1) is 31.8. The predicted molar refractivity (Wildman–Crippen MR) is 249 cm³/mol. The number of hydrogen-bond acceptors (Lipinski definition) is 15. The maximum Gasteiger partial charge on any atom is 0.312 e. The SMILES string of the molecule is CO[C@H]1/C=C/O[C@@]2(C)Oc3c(C)c(O)c4c(=O)c(c5oc6cc(OCCN7CC8CCC7C8)ccc6nc-5c4c3C2=O)NC(=O)/C(C)=C\C=C\[C@H](C)[C@H](O)[C@@H](C)[C@@H](O)[C@@H](C)[C@H](OC(C)=O)[C@@H]1C. The Morgan fingerprint density at radius 2 is 1.78 bits per heavy atom. The van der Waals surface area contributed by atoms with E-state index in [0.29, 0.717) is 23.9 Å². The maximum atomic E-state index is 14.8. The number of carbonyl (C=O) groups is 3. The van der Waals surface area contributed by atoms with Crippen LogP contribution >= 0.6 is 0 Å². The molecule has 8 rings (SSSR count). The van der Waals surface area contributed by atoms with Crippen LogP contribution in [0.5, 0.6) is 17.2 Å². The van der Waals surface area contributed by atoms with Gasteiger partial charge in [0.15, 0.2) is 11.3 Å². The second-order valence-corrected chi connectivity index (χ2v) is 19.0. The lowest BCUT2D eigenvalue weighted by atomic mass is 9.78. The van der Waals surface area contributed by atoms with Gasteiger partial charge in [-0.05, 0) is 57.2 Å². The van der Waals surface area contributed by atoms with Gasteiger partial charge in [0.1, 0.15) is 46.9 Å². The van der Waals surface area contributed by atoms with Crippen LogP contribution in [0, 0.1) is 36.5 Å². The van der Waals surface area contributed by atoms with E-state index < -0.39 is 82.7 Å². The van der Waals surface area contributed by atoms with Crippen LogP contribution in [-0.2, 0) is 23.8 Å². The van der Waals surface area contributed by atoms with E-state index in [9.17, 15) is 34.5 Å². The number of hydrogen-bond donors (Lipinski definition) is 4. The van der Waals surface area contributed by atoms with Gasteiger partial charge in [-0.3, -0.25) is 24.1 Å². The smallest absolute Gasteiger partial charge is 0.312 e. The highest BCUT2D eigenvalue weighted by Gasteiger charge is 2.50. The number of aliphatic hydroxyl groups is 2. The van der Waals surface area contributed by atoms with Crippen LogP contribution in [0.4, 0.5) is 5.69 Å². The molecule has 1 saturated heterocycles. The number of anilines is 1. The van der Waals surface area contributed by atoms with Crippen LogP contribution in [0.15, 0.2) is 63.6 Å². The van der Waals surface area contributed by atoms with E-state index in [2.05, 4.69) is 10.2 Å². The van der Waals surface area contributed by atoms with Gasteiger partial charge in [-0.25, -0.2) is 4.98 Å². The number of carbonyl (C=O) groups excluding carboxylic acids is 3. The van der Waals surface area contributed by atoms with Crippen molar-refractivity contribution in [3.8, 4) is 28.7 Å². The molecule has 0 aromatic heterocycles. The third kappa shape index (κ3) is 8.80. The van der Waals surface area contributed by atoms with Crippen molar-refractivity contribution in [3.63, 3.8) is 0 Å². The number of phenolic OH excluding ortho intramolecular Hbond substituents is 1. The molecule has 358 valence electrons. The molecular formula is C51H61N3O13. The van der Waals surface area contributed by atoms with E-state index in [1.165, 1.54) is 72.5 Å². The Labute approximate surface area is 388 Å². The van der Waals surface area contributed by atoms with Crippen LogP contribution < -0.4 is 20.2 Å². The molecule has 2 aromatic carbocycles. The molecule has 4 aliphatic heterocycles. The van der Waals surface area contributed by atoms with Crippen LogP contribution in [-0.4, -0.2) is 106 Å². The fourth-order valence-corrected chi connectivity index (χ4v) is 10.5. The average molecular weight is 924 g/mol. The Kier molecular flexibility index (Phi) is 13.3. The van der Waals surface area contributed by atoms with Crippen molar-refractivity contribution < 1.29 is 57.8 Å². The summed E-state index contributed by atoms with van der Waals surface area (Å²) in [6.45, 7) is 15.0. The first-order valence-corrected chi connectivity index (χ1v) is 23.1. The van der Waals surface area contributed by atoms with Crippen molar-refractivity contribution >= 4 is 45.2 Å². The molecule has 6 aliphatic rings. The zero-order valence-corrected chi connectivity index (χ0v) is 39.5. The van der Waals surface area contributed by atoms with Gasteiger partial charge >= 0.3 is 11.8 Å². The molecule has 16 heteroatoms. The summed E-state index contributed by atoms with van der Waals surface area (Å²) in [5, 5.41) is 37.2. The van der Waals surface area contributed by atoms with E-state index >= 15 is 0 Å². The molecule has 2 aliphatic carbocycles. The van der Waals surface area contributed by atoms with E-state index in [0.717, 1.165) is 19.0 Å². The minimum Gasteiger partial charge on any atom is -0.507 e. The van der Waals surface area contributed by atoms with E-state index in [1.54, 1.807) is 58.0 Å². The molecular weight excluding hydrogens is 863 g/mol. The summed E-state index contributed by atoms with van der Waals surface area (Å²) in [6, 6.07) is 5.71. The number of phenols is 1. The minimum atomic E-state index is -2.03. The van der Waals surface area contributed by atoms with Gasteiger partial charge in [-0.2, -0.15) is 0 Å². The molecule has 16 nitrogen and oxygen atoms in total. The monoisotopic (exact) mass is 923 g/mol.